The molecule has 102 valence electrons. The highest BCUT2D eigenvalue weighted by atomic mass is 16.2. The molecule has 0 saturated carbocycles. The number of nitrogens with one attached hydrogen (secondary N) is 2. The Kier molecular flexibility index (Phi) is 3.57. The Balaban J connectivity index is 0.00000147. The van der Waals surface area contributed by atoms with E-state index in [-0.39, 0.29) is 13.3 Å². The smallest absolute Gasteiger partial charge is 0.316 e. The average molecular weight is 268 g/mol. The van der Waals surface area contributed by atoms with Gasteiger partial charge in [0.25, 0.3) is 5.91 Å². The summed E-state index contributed by atoms with van der Waals surface area (Å²) in [5.74, 6) is -0.352. The van der Waals surface area contributed by atoms with Gasteiger partial charge in [0.1, 0.15) is 0 Å². The molecular formula is C16H16N2O2. The SMILES string of the molecule is C.O=C1NC(=O)C(c2ccccc2)(c2ccccc2)N1. The Bertz CT molecular complexity index is 584. The lowest BCUT2D eigenvalue weighted by molar-refractivity contribution is -0.122. The molecule has 0 aliphatic carbocycles. The number of carbonyl (C=O) groups excluding carboxylic acids is 2. The second-order valence-electron chi connectivity index (χ2n) is 4.39. The normalized spacial score (nSPS) is 16.0. The Labute approximate surface area is 117 Å². The van der Waals surface area contributed by atoms with Crippen molar-refractivity contribution < 1.29 is 9.59 Å². The first-order valence-corrected chi connectivity index (χ1v) is 5.98. The average Bonchev–Trinajstić information content (AvgIpc) is 2.76. The maximum Gasteiger partial charge on any atom is 0.322 e. The molecule has 3 rings (SSSR count). The number of benzene rings is 2. The van der Waals surface area contributed by atoms with Crippen molar-refractivity contribution in [1.82, 2.24) is 10.6 Å². The summed E-state index contributed by atoms with van der Waals surface area (Å²) in [5, 5.41) is 5.07. The molecule has 0 atom stereocenters. The number of hydrogen-bond acceptors (Lipinski definition) is 2. The van der Waals surface area contributed by atoms with Crippen LogP contribution >= 0.6 is 0 Å². The van der Waals surface area contributed by atoms with E-state index in [1.54, 1.807) is 0 Å². The molecule has 1 aliphatic heterocycles. The summed E-state index contributed by atoms with van der Waals surface area (Å²) < 4.78 is 0. The van der Waals surface area contributed by atoms with Gasteiger partial charge in [0, 0.05) is 0 Å². The van der Waals surface area contributed by atoms with Gasteiger partial charge in [-0.1, -0.05) is 68.1 Å². The highest BCUT2D eigenvalue weighted by Crippen LogP contribution is 2.32. The quantitative estimate of drug-likeness (QED) is 0.822. The molecule has 20 heavy (non-hydrogen) atoms. The largest absolute Gasteiger partial charge is 0.322 e. The molecule has 0 aromatic heterocycles. The van der Waals surface area contributed by atoms with Gasteiger partial charge < -0.3 is 5.32 Å². The minimum absolute atomic E-state index is 0. The summed E-state index contributed by atoms with van der Waals surface area (Å²) in [6.07, 6.45) is 0. The lowest BCUT2D eigenvalue weighted by atomic mass is 9.83. The summed E-state index contributed by atoms with van der Waals surface area (Å²) in [7, 11) is 0. The van der Waals surface area contributed by atoms with E-state index in [0.717, 1.165) is 11.1 Å². The van der Waals surface area contributed by atoms with Gasteiger partial charge in [-0.25, -0.2) is 4.79 Å². The Hall–Kier alpha value is -2.62. The van der Waals surface area contributed by atoms with Gasteiger partial charge in [-0.15, -0.1) is 0 Å². The topological polar surface area (TPSA) is 58.2 Å². The maximum absolute atomic E-state index is 12.3. The molecule has 0 unspecified atom stereocenters. The number of urea groups is 1. The third-order valence-corrected chi connectivity index (χ3v) is 3.28. The molecule has 2 aromatic rings. The van der Waals surface area contributed by atoms with Crippen LogP contribution in [0.25, 0.3) is 0 Å². The van der Waals surface area contributed by atoms with E-state index >= 15 is 0 Å². The van der Waals surface area contributed by atoms with Crippen LogP contribution < -0.4 is 10.6 Å². The fourth-order valence-electron chi connectivity index (χ4n) is 2.40. The third-order valence-electron chi connectivity index (χ3n) is 3.28. The van der Waals surface area contributed by atoms with Crippen LogP contribution in [0.15, 0.2) is 60.7 Å². The van der Waals surface area contributed by atoms with Crippen LogP contribution in [0, 0.1) is 0 Å². The molecule has 2 aromatic carbocycles. The first-order valence-electron chi connectivity index (χ1n) is 5.98. The summed E-state index contributed by atoms with van der Waals surface area (Å²) in [6.45, 7) is 0. The second-order valence-corrected chi connectivity index (χ2v) is 4.39. The molecule has 0 radical (unpaired) electrons. The fourth-order valence-corrected chi connectivity index (χ4v) is 2.40. The molecule has 1 heterocycles. The Morgan fingerprint density at radius 1 is 0.750 bits per heavy atom. The van der Waals surface area contributed by atoms with Crippen molar-refractivity contribution in [3.05, 3.63) is 71.8 Å². The molecule has 4 nitrogen and oxygen atoms in total. The molecule has 1 aliphatic rings. The van der Waals surface area contributed by atoms with Gasteiger partial charge in [-0.2, -0.15) is 0 Å². The van der Waals surface area contributed by atoms with Gasteiger partial charge in [0.2, 0.25) is 0 Å². The first kappa shape index (κ1) is 13.8. The van der Waals surface area contributed by atoms with E-state index in [0.29, 0.717) is 0 Å². The van der Waals surface area contributed by atoms with Gasteiger partial charge >= 0.3 is 6.03 Å². The van der Waals surface area contributed by atoms with Gasteiger partial charge in [-0.3, -0.25) is 10.1 Å². The van der Waals surface area contributed by atoms with Gasteiger partial charge in [-0.05, 0) is 11.1 Å². The first-order chi connectivity index (χ1) is 9.23. The summed E-state index contributed by atoms with van der Waals surface area (Å²) in [5.41, 5.74) is 0.341. The second kappa shape index (κ2) is 5.17. The van der Waals surface area contributed by atoms with Crippen molar-refractivity contribution in [2.45, 2.75) is 13.0 Å². The lowest BCUT2D eigenvalue weighted by Crippen LogP contribution is -2.44. The lowest BCUT2D eigenvalue weighted by Gasteiger charge is -2.27. The Morgan fingerprint density at radius 3 is 1.55 bits per heavy atom. The molecular weight excluding hydrogens is 252 g/mol. The van der Waals surface area contributed by atoms with Crippen LogP contribution in [0.4, 0.5) is 4.79 Å². The zero-order chi connectivity index (χ0) is 13.3. The number of amides is 3. The van der Waals surface area contributed by atoms with Crippen molar-refractivity contribution in [3.63, 3.8) is 0 Å². The molecule has 0 spiro atoms. The third kappa shape index (κ3) is 1.95. The summed E-state index contributed by atoms with van der Waals surface area (Å²) >= 11 is 0. The van der Waals surface area contributed by atoms with E-state index in [4.69, 9.17) is 0 Å². The number of rotatable bonds is 2. The minimum Gasteiger partial charge on any atom is -0.316 e. The van der Waals surface area contributed by atoms with Crippen molar-refractivity contribution in [2.75, 3.05) is 0 Å². The predicted molar refractivity (Wildman–Crippen MR) is 77.1 cm³/mol. The van der Waals surface area contributed by atoms with Crippen molar-refractivity contribution in [3.8, 4) is 0 Å². The van der Waals surface area contributed by atoms with E-state index < -0.39 is 11.6 Å². The minimum atomic E-state index is -1.14. The number of hydrogen-bond donors (Lipinski definition) is 2. The molecule has 1 fully saturated rings. The molecule has 1 saturated heterocycles. The number of imide groups is 1. The van der Waals surface area contributed by atoms with Gasteiger partial charge in [0.05, 0.1) is 0 Å². The fraction of sp³-hybridized carbons (Fsp3) is 0.125. The summed E-state index contributed by atoms with van der Waals surface area (Å²) in [4.78, 5) is 23.9. The summed E-state index contributed by atoms with van der Waals surface area (Å²) in [6, 6.07) is 18.0. The van der Waals surface area contributed by atoms with Crippen molar-refractivity contribution >= 4 is 11.9 Å². The van der Waals surface area contributed by atoms with E-state index in [1.807, 2.05) is 60.7 Å². The van der Waals surface area contributed by atoms with Crippen LogP contribution in [0.3, 0.4) is 0 Å². The molecule has 3 amide bonds. The van der Waals surface area contributed by atoms with E-state index in [1.165, 1.54) is 0 Å². The zero-order valence-electron chi connectivity index (χ0n) is 10.1. The van der Waals surface area contributed by atoms with Crippen LogP contribution in [0.2, 0.25) is 0 Å². The molecule has 2 N–H and O–H groups in total. The van der Waals surface area contributed by atoms with Crippen LogP contribution in [0.5, 0.6) is 0 Å². The monoisotopic (exact) mass is 268 g/mol. The van der Waals surface area contributed by atoms with Crippen molar-refractivity contribution in [2.24, 2.45) is 0 Å². The van der Waals surface area contributed by atoms with Crippen LogP contribution in [-0.2, 0) is 10.3 Å². The standard InChI is InChI=1S/C15H12N2O2.CH4/c18-13-15(17-14(19)16-13,11-7-3-1-4-8-11)12-9-5-2-6-10-12;/h1-10H,(H2,16,17,18,19);1H4. The Morgan fingerprint density at radius 2 is 1.20 bits per heavy atom. The number of carbonyl (C=O) groups is 2. The highest BCUT2D eigenvalue weighted by Gasteiger charge is 2.48. The zero-order valence-corrected chi connectivity index (χ0v) is 10.1. The molecule has 4 heteroatoms. The van der Waals surface area contributed by atoms with Crippen LogP contribution in [-0.4, -0.2) is 11.9 Å². The van der Waals surface area contributed by atoms with E-state index in [2.05, 4.69) is 10.6 Å². The highest BCUT2D eigenvalue weighted by molar-refractivity contribution is 6.09. The predicted octanol–water partition coefficient (Wildman–Crippen LogP) is 2.41. The molecule has 0 bridgehead atoms. The maximum atomic E-state index is 12.3. The van der Waals surface area contributed by atoms with Crippen LogP contribution in [0.1, 0.15) is 18.6 Å². The van der Waals surface area contributed by atoms with Crippen molar-refractivity contribution in [1.29, 1.82) is 0 Å². The van der Waals surface area contributed by atoms with Gasteiger partial charge in [0.15, 0.2) is 5.54 Å². The van der Waals surface area contributed by atoms with E-state index in [9.17, 15) is 9.59 Å².